The highest BCUT2D eigenvalue weighted by atomic mass is 32.1. The van der Waals surface area contributed by atoms with E-state index in [-0.39, 0.29) is 11.8 Å². The highest BCUT2D eigenvalue weighted by molar-refractivity contribution is 7.22. The van der Waals surface area contributed by atoms with Gasteiger partial charge in [0.25, 0.3) is 0 Å². The Morgan fingerprint density at radius 2 is 1.92 bits per heavy atom. The van der Waals surface area contributed by atoms with Gasteiger partial charge in [0.2, 0.25) is 0 Å². The van der Waals surface area contributed by atoms with Crippen molar-refractivity contribution in [3.8, 4) is 0 Å². The lowest BCUT2D eigenvalue weighted by molar-refractivity contribution is 0.186. The van der Waals surface area contributed by atoms with Crippen LogP contribution in [0.15, 0.2) is 18.2 Å². The summed E-state index contributed by atoms with van der Waals surface area (Å²) in [6.45, 7) is 2.83. The number of nitrogens with one attached hydrogen (secondary N) is 1. The fraction of sp³-hybridized carbons (Fsp3) is 0.556. The van der Waals surface area contributed by atoms with Gasteiger partial charge in [0.15, 0.2) is 5.13 Å². The molecule has 0 bridgehead atoms. The third kappa shape index (κ3) is 3.56. The van der Waals surface area contributed by atoms with Crippen LogP contribution < -0.4 is 10.2 Å². The zero-order valence-corrected chi connectivity index (χ0v) is 15.0. The van der Waals surface area contributed by atoms with Crippen LogP contribution in [0.25, 0.3) is 10.2 Å². The molecular weight excluding hydrogens is 339 g/mol. The molecule has 7 heteroatoms. The molecule has 1 aliphatic heterocycles. The molecule has 0 radical (unpaired) electrons. The van der Waals surface area contributed by atoms with E-state index < -0.39 is 0 Å². The van der Waals surface area contributed by atoms with Crippen molar-refractivity contribution in [2.75, 3.05) is 31.1 Å². The topological polar surface area (TPSA) is 48.5 Å². The summed E-state index contributed by atoms with van der Waals surface area (Å²) in [5.41, 5.74) is 0.444. The summed E-state index contributed by atoms with van der Waals surface area (Å²) in [7, 11) is 0. The number of aromatic nitrogens is 1. The maximum atomic E-state index is 13.8. The largest absolute Gasteiger partial charge is 0.345 e. The Balaban J connectivity index is 1.35. The molecule has 2 fully saturated rings. The Kier molecular flexibility index (Phi) is 4.74. The highest BCUT2D eigenvalue weighted by Gasteiger charge is 2.25. The van der Waals surface area contributed by atoms with E-state index in [0.717, 1.165) is 35.8 Å². The standard InChI is InChI=1S/C18H23FN4OS/c19-14-7-4-8-15-16(14)21-18(25-15)23-11-9-22(10-12-23)17(24)20-13-5-2-1-3-6-13/h4,7-8,13H,1-3,5-6,9-12H2,(H,20,24). The second kappa shape index (κ2) is 7.15. The van der Waals surface area contributed by atoms with E-state index in [9.17, 15) is 9.18 Å². The average Bonchev–Trinajstić information content (AvgIpc) is 3.08. The minimum atomic E-state index is -0.273. The van der Waals surface area contributed by atoms with Gasteiger partial charge in [-0.2, -0.15) is 0 Å². The maximum absolute atomic E-state index is 13.8. The molecule has 4 rings (SSSR count). The van der Waals surface area contributed by atoms with Gasteiger partial charge in [-0.3, -0.25) is 0 Å². The predicted octanol–water partition coefficient (Wildman–Crippen LogP) is 3.60. The monoisotopic (exact) mass is 362 g/mol. The number of hydrogen-bond acceptors (Lipinski definition) is 4. The molecule has 1 N–H and O–H groups in total. The van der Waals surface area contributed by atoms with Gasteiger partial charge in [-0.1, -0.05) is 36.7 Å². The molecule has 2 aromatic rings. The van der Waals surface area contributed by atoms with Crippen molar-refractivity contribution in [3.05, 3.63) is 24.0 Å². The number of carbonyl (C=O) groups is 1. The number of rotatable bonds is 2. The van der Waals surface area contributed by atoms with E-state index in [0.29, 0.717) is 24.6 Å². The van der Waals surface area contributed by atoms with Crippen LogP contribution in [0.5, 0.6) is 0 Å². The van der Waals surface area contributed by atoms with Crippen molar-refractivity contribution >= 4 is 32.7 Å². The third-order valence-electron chi connectivity index (χ3n) is 5.13. The Morgan fingerprint density at radius 1 is 1.16 bits per heavy atom. The summed E-state index contributed by atoms with van der Waals surface area (Å²) in [5.74, 6) is -0.273. The van der Waals surface area contributed by atoms with Crippen LogP contribution in [0.4, 0.5) is 14.3 Å². The lowest BCUT2D eigenvalue weighted by Crippen LogP contribution is -2.53. The number of halogens is 1. The number of thiazole rings is 1. The number of nitrogens with zero attached hydrogens (tertiary/aromatic N) is 3. The first-order chi connectivity index (χ1) is 12.2. The number of urea groups is 1. The van der Waals surface area contributed by atoms with Crippen molar-refractivity contribution in [1.82, 2.24) is 15.2 Å². The Morgan fingerprint density at radius 3 is 2.64 bits per heavy atom. The number of benzene rings is 1. The normalized spacial score (nSPS) is 19.4. The fourth-order valence-corrected chi connectivity index (χ4v) is 4.68. The zero-order valence-electron chi connectivity index (χ0n) is 14.2. The molecule has 5 nitrogen and oxygen atoms in total. The highest BCUT2D eigenvalue weighted by Crippen LogP contribution is 2.30. The summed E-state index contributed by atoms with van der Waals surface area (Å²) in [5, 5.41) is 4.02. The molecule has 2 aliphatic rings. The molecular formula is C18H23FN4OS. The number of hydrogen-bond donors (Lipinski definition) is 1. The molecule has 134 valence electrons. The quantitative estimate of drug-likeness (QED) is 0.888. The van der Waals surface area contributed by atoms with Gasteiger partial charge in [0.1, 0.15) is 11.3 Å². The number of amides is 2. The number of para-hydroxylation sites is 1. The van der Waals surface area contributed by atoms with Crippen LogP contribution in [0, 0.1) is 5.82 Å². The minimum Gasteiger partial charge on any atom is -0.345 e. The summed E-state index contributed by atoms with van der Waals surface area (Å²) in [4.78, 5) is 20.9. The van der Waals surface area contributed by atoms with Crippen LogP contribution in [0.2, 0.25) is 0 Å². The number of carbonyl (C=O) groups excluding carboxylic acids is 1. The minimum absolute atomic E-state index is 0.0573. The Bertz CT molecular complexity index is 751. The van der Waals surface area contributed by atoms with Gasteiger partial charge in [0.05, 0.1) is 4.70 Å². The van der Waals surface area contributed by atoms with Gasteiger partial charge in [-0.05, 0) is 25.0 Å². The lowest BCUT2D eigenvalue weighted by atomic mass is 9.96. The lowest BCUT2D eigenvalue weighted by Gasteiger charge is -2.35. The van der Waals surface area contributed by atoms with E-state index in [2.05, 4.69) is 15.2 Å². The van der Waals surface area contributed by atoms with Gasteiger partial charge >= 0.3 is 6.03 Å². The number of piperazine rings is 1. The molecule has 1 aliphatic carbocycles. The fourth-order valence-electron chi connectivity index (χ4n) is 3.65. The molecule has 2 heterocycles. The van der Waals surface area contributed by atoms with Crippen molar-refractivity contribution in [1.29, 1.82) is 0 Å². The molecule has 0 unspecified atom stereocenters. The average molecular weight is 362 g/mol. The van der Waals surface area contributed by atoms with E-state index >= 15 is 0 Å². The van der Waals surface area contributed by atoms with E-state index in [1.54, 1.807) is 6.07 Å². The number of fused-ring (bicyclic) bond motifs is 1. The van der Waals surface area contributed by atoms with Crippen LogP contribution >= 0.6 is 11.3 Å². The molecule has 25 heavy (non-hydrogen) atoms. The Labute approximate surface area is 150 Å². The number of anilines is 1. The predicted molar refractivity (Wildman–Crippen MR) is 98.8 cm³/mol. The summed E-state index contributed by atoms with van der Waals surface area (Å²) in [6, 6.07) is 5.45. The molecule has 2 amide bonds. The van der Waals surface area contributed by atoms with Crippen LogP contribution in [-0.4, -0.2) is 48.1 Å². The third-order valence-corrected chi connectivity index (χ3v) is 6.21. The molecule has 0 spiro atoms. The SMILES string of the molecule is O=C(NC1CCCCC1)N1CCN(c2nc3c(F)cccc3s2)CC1. The second-order valence-electron chi connectivity index (χ2n) is 6.84. The van der Waals surface area contributed by atoms with Gasteiger partial charge in [0, 0.05) is 32.2 Å². The molecule has 0 atom stereocenters. The molecule has 1 saturated heterocycles. The van der Waals surface area contributed by atoms with Gasteiger partial charge < -0.3 is 15.1 Å². The van der Waals surface area contributed by atoms with Crippen molar-refractivity contribution < 1.29 is 9.18 Å². The zero-order chi connectivity index (χ0) is 17.2. The Hall–Kier alpha value is -1.89. The van der Waals surface area contributed by atoms with Crippen molar-refractivity contribution in [3.63, 3.8) is 0 Å². The summed E-state index contributed by atoms with van der Waals surface area (Å²) >= 11 is 1.51. The molecule has 1 aromatic heterocycles. The maximum Gasteiger partial charge on any atom is 0.317 e. The summed E-state index contributed by atoms with van der Waals surface area (Å²) in [6.07, 6.45) is 5.92. The summed E-state index contributed by atoms with van der Waals surface area (Å²) < 4.78 is 14.7. The second-order valence-corrected chi connectivity index (χ2v) is 7.85. The first-order valence-electron chi connectivity index (χ1n) is 9.06. The van der Waals surface area contributed by atoms with Crippen molar-refractivity contribution in [2.45, 2.75) is 38.1 Å². The van der Waals surface area contributed by atoms with Gasteiger partial charge in [-0.25, -0.2) is 14.2 Å². The molecule has 1 saturated carbocycles. The van der Waals surface area contributed by atoms with Crippen LogP contribution in [0.3, 0.4) is 0 Å². The van der Waals surface area contributed by atoms with E-state index in [4.69, 9.17) is 0 Å². The van der Waals surface area contributed by atoms with Crippen LogP contribution in [0.1, 0.15) is 32.1 Å². The van der Waals surface area contributed by atoms with E-state index in [1.165, 1.54) is 36.7 Å². The first-order valence-corrected chi connectivity index (χ1v) is 9.88. The van der Waals surface area contributed by atoms with Crippen LogP contribution in [-0.2, 0) is 0 Å². The first kappa shape index (κ1) is 16.6. The van der Waals surface area contributed by atoms with E-state index in [1.807, 2.05) is 11.0 Å². The van der Waals surface area contributed by atoms with Crippen molar-refractivity contribution in [2.24, 2.45) is 0 Å². The molecule has 1 aromatic carbocycles. The smallest absolute Gasteiger partial charge is 0.317 e. The van der Waals surface area contributed by atoms with Gasteiger partial charge in [-0.15, -0.1) is 0 Å².